The number of fused-ring (bicyclic) bond motifs is 6. The first-order chi connectivity index (χ1) is 28.3. The maximum atomic E-state index is 14.1. The zero-order valence-corrected chi connectivity index (χ0v) is 29.9. The fraction of sp³-hybridized carbons (Fsp3) is 0. The molecule has 58 heavy (non-hydrogen) atoms. The molecule has 0 aliphatic rings. The van der Waals surface area contributed by atoms with Gasteiger partial charge in [-0.2, -0.15) is 30.7 Å². The van der Waals surface area contributed by atoms with E-state index in [0.717, 1.165) is 0 Å². The van der Waals surface area contributed by atoms with Crippen LogP contribution < -0.4 is 21.8 Å². The number of carbonyl (C=O) groups is 2. The summed E-state index contributed by atoms with van der Waals surface area (Å²) >= 11 is 0. The molecule has 14 heteroatoms. The zero-order chi connectivity index (χ0) is 39.9. The minimum absolute atomic E-state index is 0.000555. The summed E-state index contributed by atoms with van der Waals surface area (Å²) in [4.78, 5) is 62.5. The molecule has 4 aromatic heterocycles. The van der Waals surface area contributed by atoms with Crippen molar-refractivity contribution in [2.45, 2.75) is 0 Å². The second-order valence-corrected chi connectivity index (χ2v) is 13.0. The molecule has 0 atom stereocenters. The number of hydrogen-bond acceptors (Lipinski definition) is 10. The van der Waals surface area contributed by atoms with Crippen LogP contribution in [0, 0.1) is 22.7 Å². The predicted octanol–water partition coefficient (Wildman–Crippen LogP) is 6.38. The summed E-state index contributed by atoms with van der Waals surface area (Å²) in [5, 5.41) is 36.3. The smallest absolute Gasteiger partial charge is 0.281 e. The minimum Gasteiger partial charge on any atom is -0.321 e. The Morgan fingerprint density at radius 1 is 0.500 bits per heavy atom. The summed E-state index contributed by atoms with van der Waals surface area (Å²) in [5.41, 5.74) is 1.66. The van der Waals surface area contributed by atoms with Crippen LogP contribution in [0.4, 0.5) is 11.4 Å². The molecule has 0 radical (unpaired) electrons. The lowest BCUT2D eigenvalue weighted by Crippen LogP contribution is -2.21. The van der Waals surface area contributed by atoms with Gasteiger partial charge in [0.25, 0.3) is 22.9 Å². The Kier molecular flexibility index (Phi) is 8.46. The van der Waals surface area contributed by atoms with Gasteiger partial charge in [0.1, 0.15) is 23.3 Å². The number of rotatable bonds is 6. The Labute approximate surface area is 326 Å². The van der Waals surface area contributed by atoms with Crippen molar-refractivity contribution in [3.8, 4) is 34.4 Å². The summed E-state index contributed by atoms with van der Waals surface area (Å²) < 4.78 is 2.66. The highest BCUT2D eigenvalue weighted by Gasteiger charge is 2.26. The highest BCUT2D eigenvalue weighted by Crippen LogP contribution is 2.32. The van der Waals surface area contributed by atoms with Gasteiger partial charge in [0.2, 0.25) is 0 Å². The van der Waals surface area contributed by atoms with Gasteiger partial charge in [-0.15, -0.1) is 0 Å². The van der Waals surface area contributed by atoms with Gasteiger partial charge in [0.05, 0.1) is 21.8 Å². The topological polar surface area (TPSA) is 200 Å². The van der Waals surface area contributed by atoms with Crippen LogP contribution in [0.25, 0.3) is 55.4 Å². The largest absolute Gasteiger partial charge is 0.321 e. The van der Waals surface area contributed by atoms with Crippen molar-refractivity contribution in [1.82, 2.24) is 29.2 Å². The first-order valence-electron chi connectivity index (χ1n) is 17.7. The molecule has 0 saturated carbocycles. The molecule has 0 aliphatic carbocycles. The van der Waals surface area contributed by atoms with E-state index in [0.29, 0.717) is 33.5 Å². The predicted molar refractivity (Wildman–Crippen MR) is 216 cm³/mol. The Morgan fingerprint density at radius 2 is 0.862 bits per heavy atom. The van der Waals surface area contributed by atoms with E-state index in [1.807, 2.05) is 0 Å². The van der Waals surface area contributed by atoms with Gasteiger partial charge in [0.15, 0.2) is 22.7 Å². The molecule has 2 N–H and O–H groups in total. The van der Waals surface area contributed by atoms with E-state index in [1.165, 1.54) is 9.03 Å². The number of nitrogens with zero attached hydrogens (tertiary/aromatic N) is 8. The number of aromatic nitrogens is 6. The van der Waals surface area contributed by atoms with Crippen LogP contribution in [0.5, 0.6) is 0 Å². The number of amides is 2. The number of carbonyl (C=O) groups excluding carboxylic acids is 2. The molecule has 14 nitrogen and oxygen atoms in total. The maximum Gasteiger partial charge on any atom is 0.281 e. The molecular weight excluding hydrogens is 733 g/mol. The van der Waals surface area contributed by atoms with E-state index in [2.05, 4.69) is 42.9 Å². The summed E-state index contributed by atoms with van der Waals surface area (Å²) in [6.45, 7) is 0. The van der Waals surface area contributed by atoms with Crippen molar-refractivity contribution in [3.63, 3.8) is 0 Å². The Bertz CT molecular complexity index is 3160. The van der Waals surface area contributed by atoms with E-state index in [9.17, 15) is 29.7 Å². The lowest BCUT2D eigenvalue weighted by molar-refractivity contribution is 0.101. The van der Waals surface area contributed by atoms with E-state index < -0.39 is 22.9 Å². The minimum atomic E-state index is -0.646. The van der Waals surface area contributed by atoms with E-state index >= 15 is 0 Å². The molecule has 2 amide bonds. The molecular formula is C44H24N10O4. The van der Waals surface area contributed by atoms with Crippen LogP contribution in [0.3, 0.4) is 0 Å². The standard InChI is InChI=1S/C44H24N10O4/c45-23-31-35(25-11-3-1-4-12-25)37(51-53-33-17-9-7-15-29(33)41(55)49-39(31)53)43(57)47-27-19-21-28(22-20-27)48-44(58)38-36(26-13-5-2-6-14-26)32(24-46)40-50-42(56)30-16-8-10-18-34(30)54(40)52-38/h1-22H,(H,47,57)(H,48,58). The van der Waals surface area contributed by atoms with Crippen molar-refractivity contribution in [2.75, 3.05) is 10.6 Å². The van der Waals surface area contributed by atoms with E-state index in [-0.39, 0.29) is 55.7 Å². The molecule has 0 aliphatic heterocycles. The van der Waals surface area contributed by atoms with Crippen molar-refractivity contribution in [2.24, 2.45) is 0 Å². The molecule has 9 rings (SSSR count). The van der Waals surface area contributed by atoms with Crippen molar-refractivity contribution >= 4 is 56.3 Å². The highest BCUT2D eigenvalue weighted by atomic mass is 16.2. The number of para-hydroxylation sites is 2. The number of nitriles is 2. The van der Waals surface area contributed by atoms with Gasteiger partial charge in [0, 0.05) is 22.5 Å². The second kappa shape index (κ2) is 14.1. The van der Waals surface area contributed by atoms with E-state index in [4.69, 9.17) is 0 Å². The average Bonchev–Trinajstić information content (AvgIpc) is 3.26. The first kappa shape index (κ1) is 34.9. The van der Waals surface area contributed by atoms with Gasteiger partial charge < -0.3 is 10.6 Å². The number of nitrogens with one attached hydrogen (secondary N) is 2. The van der Waals surface area contributed by atoms with Crippen LogP contribution in [-0.4, -0.2) is 41.0 Å². The zero-order valence-electron chi connectivity index (χ0n) is 29.9. The molecule has 0 fully saturated rings. The van der Waals surface area contributed by atoms with Gasteiger partial charge in [-0.05, 0) is 59.7 Å². The Morgan fingerprint density at radius 3 is 1.24 bits per heavy atom. The summed E-state index contributed by atoms with van der Waals surface area (Å²) in [7, 11) is 0. The van der Waals surface area contributed by atoms with Gasteiger partial charge >= 0.3 is 0 Å². The van der Waals surface area contributed by atoms with Crippen LogP contribution in [0.1, 0.15) is 32.1 Å². The van der Waals surface area contributed by atoms with Gasteiger partial charge in [-0.3, -0.25) is 19.2 Å². The van der Waals surface area contributed by atoms with Gasteiger partial charge in [-0.1, -0.05) is 84.9 Å². The number of hydrogen-bond donors (Lipinski definition) is 2. The summed E-state index contributed by atoms with van der Waals surface area (Å²) in [5.74, 6) is -1.29. The third-order valence-corrected chi connectivity index (χ3v) is 9.54. The molecule has 274 valence electrons. The molecule has 9 aromatic rings. The SMILES string of the molecule is N#Cc1c(-c2ccccc2)c(C(=O)Nc2ccc(NC(=O)c3nn4c(nc(=O)c5ccccc54)c(C#N)c3-c3ccccc3)cc2)nn2c1nc(=O)c1ccccc12. The normalized spacial score (nSPS) is 11.0. The summed E-state index contributed by atoms with van der Waals surface area (Å²) in [6, 6.07) is 41.4. The Balaban J connectivity index is 1.09. The van der Waals surface area contributed by atoms with Crippen LogP contribution in [-0.2, 0) is 0 Å². The first-order valence-corrected chi connectivity index (χ1v) is 17.7. The quantitative estimate of drug-likeness (QED) is 0.179. The van der Waals surface area contributed by atoms with Crippen LogP contribution >= 0.6 is 0 Å². The highest BCUT2D eigenvalue weighted by molar-refractivity contribution is 6.10. The second-order valence-electron chi connectivity index (χ2n) is 13.0. The molecule has 5 aromatic carbocycles. The third-order valence-electron chi connectivity index (χ3n) is 9.54. The molecule has 0 unspecified atom stereocenters. The van der Waals surface area contributed by atoms with E-state index in [1.54, 1.807) is 133 Å². The lowest BCUT2D eigenvalue weighted by Gasteiger charge is -2.16. The van der Waals surface area contributed by atoms with Gasteiger partial charge in [-0.25, -0.2) is 9.03 Å². The molecule has 0 saturated heterocycles. The average molecular weight is 757 g/mol. The monoisotopic (exact) mass is 756 g/mol. The van der Waals surface area contributed by atoms with Crippen molar-refractivity contribution in [3.05, 3.63) is 177 Å². The van der Waals surface area contributed by atoms with Crippen molar-refractivity contribution in [1.29, 1.82) is 10.5 Å². The Hall–Kier alpha value is -8.88. The third kappa shape index (κ3) is 5.83. The fourth-order valence-corrected chi connectivity index (χ4v) is 6.92. The molecule has 0 bridgehead atoms. The number of anilines is 2. The van der Waals surface area contributed by atoms with Crippen LogP contribution in [0.15, 0.2) is 143 Å². The molecule has 0 spiro atoms. The molecule has 4 heterocycles. The fourth-order valence-electron chi connectivity index (χ4n) is 6.92. The van der Waals surface area contributed by atoms with Crippen LogP contribution in [0.2, 0.25) is 0 Å². The lowest BCUT2D eigenvalue weighted by atomic mass is 9.98. The number of benzene rings is 5. The van der Waals surface area contributed by atoms with Crippen molar-refractivity contribution < 1.29 is 9.59 Å². The summed E-state index contributed by atoms with van der Waals surface area (Å²) in [6.07, 6.45) is 0. The maximum absolute atomic E-state index is 14.1.